The van der Waals surface area contributed by atoms with Gasteiger partial charge in [-0.3, -0.25) is 0 Å². The van der Waals surface area contributed by atoms with Crippen LogP contribution in [0.4, 0.5) is 5.69 Å². The lowest BCUT2D eigenvalue weighted by Crippen LogP contribution is -2.46. The first-order valence-electron chi connectivity index (χ1n) is 7.60. The van der Waals surface area contributed by atoms with Gasteiger partial charge >= 0.3 is 0 Å². The molecular weight excluding hydrogens is 328 g/mol. The Morgan fingerprint density at radius 3 is 2.62 bits per heavy atom. The summed E-state index contributed by atoms with van der Waals surface area (Å²) in [5.41, 5.74) is 2.23. The van der Waals surface area contributed by atoms with E-state index in [2.05, 4.69) is 74.6 Å². The molecule has 0 aliphatic carbocycles. The summed E-state index contributed by atoms with van der Waals surface area (Å²) in [6.07, 6.45) is 8.37. The maximum Gasteiger partial charge on any atom is 0.155 e. The molecule has 1 aliphatic rings. The van der Waals surface area contributed by atoms with E-state index in [0.717, 1.165) is 49.0 Å². The first kappa shape index (κ1) is 16.3. The molecule has 0 bridgehead atoms. The van der Waals surface area contributed by atoms with Crippen molar-refractivity contribution in [1.29, 1.82) is 0 Å². The van der Waals surface area contributed by atoms with Crippen LogP contribution in [0.15, 0.2) is 34.0 Å². The Labute approximate surface area is 135 Å². The van der Waals surface area contributed by atoms with Gasteiger partial charge in [0.15, 0.2) is 5.49 Å². The third-order valence-corrected chi connectivity index (χ3v) is 4.19. The van der Waals surface area contributed by atoms with Crippen molar-refractivity contribution < 1.29 is 0 Å². The quantitative estimate of drug-likeness (QED) is 0.831. The number of rotatable bonds is 4. The van der Waals surface area contributed by atoms with E-state index in [1.165, 1.54) is 5.69 Å². The molecule has 0 saturated carbocycles. The zero-order valence-electron chi connectivity index (χ0n) is 13.2. The first-order chi connectivity index (χ1) is 10.1. The number of halogens is 1. The van der Waals surface area contributed by atoms with Crippen LogP contribution in [0.25, 0.3) is 0 Å². The highest BCUT2D eigenvalue weighted by molar-refractivity contribution is 9.10. The minimum absolute atomic E-state index is 1.02. The molecule has 21 heavy (non-hydrogen) atoms. The smallest absolute Gasteiger partial charge is 0.155 e. The second-order valence-corrected chi connectivity index (χ2v) is 6.49. The van der Waals surface area contributed by atoms with E-state index in [4.69, 9.17) is 0 Å². The summed E-state index contributed by atoms with van der Waals surface area (Å²) in [6.45, 7) is 6.48. The summed E-state index contributed by atoms with van der Waals surface area (Å²) >= 11 is 3.60. The molecule has 4 nitrogen and oxygen atoms in total. The molecule has 0 unspecified atom stereocenters. The van der Waals surface area contributed by atoms with Gasteiger partial charge in [-0.15, -0.1) is 0 Å². The average Bonchev–Trinajstić information content (AvgIpc) is 2.45. The molecule has 1 aromatic rings. The highest BCUT2D eigenvalue weighted by Gasteiger charge is 2.16. The van der Waals surface area contributed by atoms with E-state index in [1.54, 1.807) is 0 Å². The fraction of sp³-hybridized carbons (Fsp3) is 0.562. The van der Waals surface area contributed by atoms with E-state index >= 15 is 0 Å². The molecule has 1 saturated heterocycles. The Morgan fingerprint density at radius 2 is 1.95 bits per heavy atom. The summed E-state index contributed by atoms with van der Waals surface area (Å²) in [7, 11) is 4.23. The van der Waals surface area contributed by atoms with Crippen LogP contribution < -0.4 is 10.4 Å². The maximum absolute atomic E-state index is 4.68. The summed E-state index contributed by atoms with van der Waals surface area (Å²) in [5, 5.41) is 0. The Kier molecular flexibility index (Phi) is 6.06. The van der Waals surface area contributed by atoms with Gasteiger partial charge < -0.3 is 14.4 Å². The van der Waals surface area contributed by atoms with Gasteiger partial charge in [0.05, 0.1) is 5.69 Å². The van der Waals surface area contributed by atoms with E-state index in [-0.39, 0.29) is 0 Å². The predicted octanol–water partition coefficient (Wildman–Crippen LogP) is 2.75. The van der Waals surface area contributed by atoms with Gasteiger partial charge in [-0.2, -0.15) is 0 Å². The van der Waals surface area contributed by atoms with E-state index in [9.17, 15) is 0 Å². The topological polar surface area (TPSA) is 23.8 Å². The standard InChI is InChI=1S/C16H25BrN4/c1-4-5-6-7-18-16-15(12-14(17)13-20(16)3)21-10-8-19(2)9-11-21/h6-7,12-13H,4-5,8-11H2,1-3H3/b7-6+,18-16?. The number of aryl methyl sites for hydroxylation is 1. The zero-order valence-corrected chi connectivity index (χ0v) is 14.8. The monoisotopic (exact) mass is 352 g/mol. The fourth-order valence-corrected chi connectivity index (χ4v) is 2.98. The van der Waals surface area contributed by atoms with Gasteiger partial charge in [-0.1, -0.05) is 19.4 Å². The number of nitrogens with zero attached hydrogens (tertiary/aromatic N) is 4. The number of hydrogen-bond donors (Lipinski definition) is 0. The predicted molar refractivity (Wildman–Crippen MR) is 92.4 cm³/mol. The van der Waals surface area contributed by atoms with Crippen LogP contribution in [-0.2, 0) is 7.05 Å². The Morgan fingerprint density at radius 1 is 1.24 bits per heavy atom. The van der Waals surface area contributed by atoms with Crippen molar-refractivity contribution in [2.75, 3.05) is 38.1 Å². The van der Waals surface area contributed by atoms with Crippen LogP contribution in [0, 0.1) is 0 Å². The third-order valence-electron chi connectivity index (χ3n) is 3.76. The molecule has 0 radical (unpaired) electrons. The van der Waals surface area contributed by atoms with Crippen molar-refractivity contribution >= 4 is 21.6 Å². The molecule has 2 rings (SSSR count). The molecule has 0 atom stereocenters. The zero-order chi connectivity index (χ0) is 15.2. The molecular formula is C16H25BrN4. The number of pyridine rings is 1. The molecule has 0 spiro atoms. The summed E-state index contributed by atoms with van der Waals surface area (Å²) in [6, 6.07) is 2.18. The highest BCUT2D eigenvalue weighted by Crippen LogP contribution is 2.17. The minimum atomic E-state index is 1.02. The molecule has 0 N–H and O–H groups in total. The number of piperazine rings is 1. The van der Waals surface area contributed by atoms with Crippen molar-refractivity contribution in [3.8, 4) is 0 Å². The molecule has 5 heteroatoms. The molecule has 2 heterocycles. The molecule has 0 amide bonds. The van der Waals surface area contributed by atoms with Crippen molar-refractivity contribution in [1.82, 2.24) is 9.47 Å². The van der Waals surface area contributed by atoms with E-state index in [1.807, 2.05) is 6.20 Å². The number of allylic oxidation sites excluding steroid dienone is 1. The lowest BCUT2D eigenvalue weighted by atomic mass is 10.3. The average molecular weight is 353 g/mol. The third kappa shape index (κ3) is 4.45. The van der Waals surface area contributed by atoms with Gasteiger partial charge in [0.1, 0.15) is 0 Å². The van der Waals surface area contributed by atoms with Crippen LogP contribution in [0.3, 0.4) is 0 Å². The Hall–Kier alpha value is -1.07. The van der Waals surface area contributed by atoms with Gasteiger partial charge in [0, 0.05) is 50.1 Å². The van der Waals surface area contributed by atoms with Crippen molar-refractivity contribution in [2.45, 2.75) is 19.8 Å². The number of aromatic nitrogens is 1. The Bertz CT molecular complexity index is 554. The fourth-order valence-electron chi connectivity index (χ4n) is 2.46. The van der Waals surface area contributed by atoms with Crippen LogP contribution in [0.1, 0.15) is 19.8 Å². The van der Waals surface area contributed by atoms with Crippen LogP contribution in [0.5, 0.6) is 0 Å². The van der Waals surface area contributed by atoms with Crippen molar-refractivity contribution in [2.24, 2.45) is 12.0 Å². The molecule has 1 fully saturated rings. The number of hydrogen-bond acceptors (Lipinski definition) is 3. The molecule has 0 aromatic carbocycles. The van der Waals surface area contributed by atoms with Gasteiger partial charge in [-0.05, 0) is 35.5 Å². The number of unbranched alkanes of at least 4 members (excludes halogenated alkanes) is 1. The number of likely N-dealkylation sites (N-methyl/N-ethyl adjacent to an activating group) is 1. The normalized spacial score (nSPS) is 17.9. The second-order valence-electron chi connectivity index (χ2n) is 5.57. The second kappa shape index (κ2) is 7.80. The SMILES string of the molecule is CCC/C=C/N=c1c(N2CCN(C)CC2)cc(Br)cn1C. The lowest BCUT2D eigenvalue weighted by molar-refractivity contribution is 0.312. The van der Waals surface area contributed by atoms with Crippen LogP contribution in [-0.4, -0.2) is 42.7 Å². The lowest BCUT2D eigenvalue weighted by Gasteiger charge is -2.34. The molecule has 1 aliphatic heterocycles. The van der Waals surface area contributed by atoms with Crippen molar-refractivity contribution in [3.05, 3.63) is 34.5 Å². The highest BCUT2D eigenvalue weighted by atomic mass is 79.9. The van der Waals surface area contributed by atoms with Crippen LogP contribution in [0.2, 0.25) is 0 Å². The summed E-state index contributed by atoms with van der Waals surface area (Å²) in [5.74, 6) is 0. The van der Waals surface area contributed by atoms with Crippen LogP contribution >= 0.6 is 15.9 Å². The van der Waals surface area contributed by atoms with Gasteiger partial charge in [0.2, 0.25) is 0 Å². The minimum Gasteiger partial charge on any atom is -0.366 e. The van der Waals surface area contributed by atoms with E-state index in [0.29, 0.717) is 0 Å². The molecule has 1 aromatic heterocycles. The summed E-state index contributed by atoms with van der Waals surface area (Å²) in [4.78, 5) is 9.48. The Balaban J connectivity index is 2.34. The van der Waals surface area contributed by atoms with Gasteiger partial charge in [-0.25, -0.2) is 4.99 Å². The summed E-state index contributed by atoms with van der Waals surface area (Å²) < 4.78 is 3.18. The maximum atomic E-state index is 4.68. The van der Waals surface area contributed by atoms with E-state index < -0.39 is 0 Å². The molecule has 116 valence electrons. The first-order valence-corrected chi connectivity index (χ1v) is 8.39. The van der Waals surface area contributed by atoms with Crippen molar-refractivity contribution in [3.63, 3.8) is 0 Å². The number of anilines is 1. The van der Waals surface area contributed by atoms with Gasteiger partial charge in [0.25, 0.3) is 0 Å². The largest absolute Gasteiger partial charge is 0.366 e.